The van der Waals surface area contributed by atoms with Crippen molar-refractivity contribution < 1.29 is 4.42 Å². The molecule has 0 spiro atoms. The Hall–Kier alpha value is -6.84. The molecule has 272 valence electrons. The number of anilines is 3. The summed E-state index contributed by atoms with van der Waals surface area (Å²) in [6, 6.07) is 62.7. The van der Waals surface area contributed by atoms with Crippen LogP contribution < -0.4 is 4.90 Å². The van der Waals surface area contributed by atoms with Gasteiger partial charge in [0.1, 0.15) is 11.2 Å². The minimum absolute atomic E-state index is 0.117. The molecule has 0 atom stereocenters. The van der Waals surface area contributed by atoms with Crippen LogP contribution in [0.15, 0.2) is 174 Å². The zero-order valence-electron chi connectivity index (χ0n) is 32.5. The fourth-order valence-electron chi connectivity index (χ4n) is 10.3. The molecule has 12 rings (SSSR count). The molecule has 2 aliphatic carbocycles. The number of fused-ring (bicyclic) bond motifs is 12. The monoisotopic (exact) mass is 732 g/mol. The summed E-state index contributed by atoms with van der Waals surface area (Å²) in [7, 11) is 0. The van der Waals surface area contributed by atoms with E-state index < -0.39 is 0 Å². The van der Waals surface area contributed by atoms with Gasteiger partial charge in [0.05, 0.1) is 11.0 Å². The van der Waals surface area contributed by atoms with E-state index in [1.165, 1.54) is 72.0 Å². The van der Waals surface area contributed by atoms with Crippen molar-refractivity contribution in [2.75, 3.05) is 4.90 Å². The summed E-state index contributed by atoms with van der Waals surface area (Å²) in [5.74, 6) is 0. The highest BCUT2D eigenvalue weighted by atomic mass is 16.3. The molecule has 0 unspecified atom stereocenters. The lowest BCUT2D eigenvalue weighted by molar-refractivity contribution is 0.659. The molecule has 0 bridgehead atoms. The predicted molar refractivity (Wildman–Crippen MR) is 238 cm³/mol. The van der Waals surface area contributed by atoms with Crippen LogP contribution in [0.1, 0.15) is 49.9 Å². The maximum atomic E-state index is 6.31. The molecule has 0 radical (unpaired) electrons. The molecule has 0 N–H and O–H groups in total. The van der Waals surface area contributed by atoms with Crippen LogP contribution in [0, 0.1) is 0 Å². The maximum absolute atomic E-state index is 6.31. The Kier molecular flexibility index (Phi) is 6.46. The van der Waals surface area contributed by atoms with E-state index in [9.17, 15) is 0 Å². The standard InChI is InChI=1S/C54H40N2O/c1-53(2)45-17-9-5-13-37(45)38-25-21-34(30-46(38)53)55(33-24-28-52-44(29-33)43-16-8-12-20-51(43)57-52)35-22-26-39-40-27-23-36(32-48(40)54(3,4)47(39)31-35)56-49-18-10-6-14-41(49)42-15-7-11-19-50(42)56/h5-32H,1-4H3. The average Bonchev–Trinajstić information content (AvgIpc) is 3.92. The van der Waals surface area contributed by atoms with E-state index in [-0.39, 0.29) is 10.8 Å². The highest BCUT2D eigenvalue weighted by Crippen LogP contribution is 2.54. The first-order valence-corrected chi connectivity index (χ1v) is 20.0. The van der Waals surface area contributed by atoms with Crippen LogP contribution in [-0.4, -0.2) is 4.57 Å². The Morgan fingerprint density at radius 3 is 1.54 bits per heavy atom. The van der Waals surface area contributed by atoms with E-state index in [0.717, 1.165) is 39.0 Å². The van der Waals surface area contributed by atoms with Crippen molar-refractivity contribution in [1.29, 1.82) is 0 Å². The third-order valence-corrected chi connectivity index (χ3v) is 13.2. The minimum atomic E-state index is -0.229. The largest absolute Gasteiger partial charge is 0.456 e. The SMILES string of the molecule is CC1(C)c2ccccc2-c2ccc(N(c3ccc4c(c3)C(C)(C)c3cc(-n5c6ccccc6c6ccccc65)ccc3-4)c3ccc4oc5ccccc5c4c3)cc21. The molecule has 2 aliphatic rings. The van der Waals surface area contributed by atoms with Crippen molar-refractivity contribution >= 4 is 60.8 Å². The molecule has 10 aromatic rings. The lowest BCUT2D eigenvalue weighted by Crippen LogP contribution is -2.18. The zero-order valence-corrected chi connectivity index (χ0v) is 32.5. The summed E-state index contributed by atoms with van der Waals surface area (Å²) >= 11 is 0. The first-order chi connectivity index (χ1) is 27.8. The number of nitrogens with zero attached hydrogens (tertiary/aromatic N) is 2. The molecule has 0 saturated heterocycles. The molecule has 2 aromatic heterocycles. The van der Waals surface area contributed by atoms with Gasteiger partial charge in [-0.1, -0.05) is 125 Å². The van der Waals surface area contributed by atoms with Crippen LogP contribution in [0.2, 0.25) is 0 Å². The van der Waals surface area contributed by atoms with E-state index in [2.05, 4.69) is 201 Å². The number of benzene rings is 8. The molecule has 2 heterocycles. The fraction of sp³-hybridized carbons (Fsp3) is 0.111. The summed E-state index contributed by atoms with van der Waals surface area (Å²) in [4.78, 5) is 2.45. The van der Waals surface area contributed by atoms with Crippen LogP contribution in [-0.2, 0) is 10.8 Å². The molecule has 8 aromatic carbocycles. The fourth-order valence-corrected chi connectivity index (χ4v) is 10.3. The van der Waals surface area contributed by atoms with E-state index in [1.54, 1.807) is 0 Å². The predicted octanol–water partition coefficient (Wildman–Crippen LogP) is 14.8. The van der Waals surface area contributed by atoms with Gasteiger partial charge in [0.25, 0.3) is 0 Å². The number of furan rings is 1. The van der Waals surface area contributed by atoms with Crippen LogP contribution >= 0.6 is 0 Å². The van der Waals surface area contributed by atoms with Crippen LogP contribution in [0.5, 0.6) is 0 Å². The minimum Gasteiger partial charge on any atom is -0.456 e. The van der Waals surface area contributed by atoms with Crippen LogP contribution in [0.25, 0.3) is 71.7 Å². The number of para-hydroxylation sites is 3. The van der Waals surface area contributed by atoms with Gasteiger partial charge in [-0.15, -0.1) is 0 Å². The Balaban J connectivity index is 1.03. The summed E-state index contributed by atoms with van der Waals surface area (Å²) in [5.41, 5.74) is 19.2. The summed E-state index contributed by atoms with van der Waals surface area (Å²) in [6.45, 7) is 9.50. The Labute approximate surface area is 332 Å². The Morgan fingerprint density at radius 1 is 0.386 bits per heavy atom. The average molecular weight is 733 g/mol. The summed E-state index contributed by atoms with van der Waals surface area (Å²) in [6.07, 6.45) is 0. The van der Waals surface area contributed by atoms with Crippen molar-refractivity contribution in [1.82, 2.24) is 4.57 Å². The first kappa shape index (κ1) is 32.4. The van der Waals surface area contributed by atoms with Gasteiger partial charge in [0, 0.05) is 55.1 Å². The van der Waals surface area contributed by atoms with Gasteiger partial charge >= 0.3 is 0 Å². The topological polar surface area (TPSA) is 21.3 Å². The second-order valence-corrected chi connectivity index (χ2v) is 17.0. The molecular weight excluding hydrogens is 693 g/mol. The highest BCUT2D eigenvalue weighted by molar-refractivity contribution is 6.09. The number of aromatic nitrogens is 1. The van der Waals surface area contributed by atoms with Crippen molar-refractivity contribution in [2.24, 2.45) is 0 Å². The third-order valence-electron chi connectivity index (χ3n) is 13.2. The molecule has 0 saturated carbocycles. The molecule has 0 fully saturated rings. The number of hydrogen-bond acceptors (Lipinski definition) is 2. The van der Waals surface area contributed by atoms with Gasteiger partial charge in [-0.2, -0.15) is 0 Å². The van der Waals surface area contributed by atoms with Crippen LogP contribution in [0.3, 0.4) is 0 Å². The molecular formula is C54H40N2O. The lowest BCUT2D eigenvalue weighted by Gasteiger charge is -2.30. The maximum Gasteiger partial charge on any atom is 0.135 e. The summed E-state index contributed by atoms with van der Waals surface area (Å²) in [5, 5.41) is 4.81. The van der Waals surface area contributed by atoms with Gasteiger partial charge in [-0.05, 0) is 117 Å². The van der Waals surface area contributed by atoms with Gasteiger partial charge in [-0.3, -0.25) is 0 Å². The van der Waals surface area contributed by atoms with Crippen LogP contribution in [0.4, 0.5) is 17.1 Å². The van der Waals surface area contributed by atoms with Crippen molar-refractivity contribution in [3.8, 4) is 27.9 Å². The smallest absolute Gasteiger partial charge is 0.135 e. The lowest BCUT2D eigenvalue weighted by atomic mass is 9.82. The second-order valence-electron chi connectivity index (χ2n) is 17.0. The van der Waals surface area contributed by atoms with Gasteiger partial charge in [-0.25, -0.2) is 0 Å². The Bertz CT molecular complexity index is 3270. The van der Waals surface area contributed by atoms with E-state index >= 15 is 0 Å². The molecule has 57 heavy (non-hydrogen) atoms. The molecule has 3 nitrogen and oxygen atoms in total. The van der Waals surface area contributed by atoms with Gasteiger partial charge in [0.2, 0.25) is 0 Å². The molecule has 3 heteroatoms. The molecule has 0 amide bonds. The summed E-state index contributed by atoms with van der Waals surface area (Å²) < 4.78 is 8.74. The zero-order chi connectivity index (χ0) is 38.2. The number of hydrogen-bond donors (Lipinski definition) is 0. The van der Waals surface area contributed by atoms with Crippen molar-refractivity contribution in [3.05, 3.63) is 192 Å². The highest BCUT2D eigenvalue weighted by Gasteiger charge is 2.38. The van der Waals surface area contributed by atoms with E-state index in [1.807, 2.05) is 6.07 Å². The quantitative estimate of drug-likeness (QED) is 0.180. The molecule has 0 aliphatic heterocycles. The number of rotatable bonds is 4. The van der Waals surface area contributed by atoms with E-state index in [4.69, 9.17) is 4.42 Å². The first-order valence-electron chi connectivity index (χ1n) is 20.0. The van der Waals surface area contributed by atoms with E-state index in [0.29, 0.717) is 0 Å². The third kappa shape index (κ3) is 4.43. The van der Waals surface area contributed by atoms with Gasteiger partial charge in [0.15, 0.2) is 0 Å². The van der Waals surface area contributed by atoms with Gasteiger partial charge < -0.3 is 13.9 Å². The van der Waals surface area contributed by atoms with Crippen molar-refractivity contribution in [3.63, 3.8) is 0 Å². The van der Waals surface area contributed by atoms with Crippen molar-refractivity contribution in [2.45, 2.75) is 38.5 Å². The second kappa shape index (κ2) is 11.4. The normalized spacial score (nSPS) is 14.6. The Morgan fingerprint density at radius 2 is 0.860 bits per heavy atom.